The Labute approximate surface area is 110 Å². The molecule has 0 aromatic rings. The molecule has 106 valence electrons. The molecule has 0 bridgehead atoms. The molecule has 0 unspecified atom stereocenters. The van der Waals surface area contributed by atoms with Crippen molar-refractivity contribution in [3.8, 4) is 0 Å². The molecule has 1 aliphatic rings. The predicted octanol–water partition coefficient (Wildman–Crippen LogP) is -0.908. The van der Waals surface area contributed by atoms with Crippen molar-refractivity contribution < 1.29 is 30.0 Å². The lowest BCUT2D eigenvalue weighted by atomic mass is 9.99. The van der Waals surface area contributed by atoms with Crippen LogP contribution in [0.15, 0.2) is 0 Å². The maximum atomic E-state index is 11.8. The number of aliphatic hydroxyl groups is 4. The first kappa shape index (κ1) is 15.9. The van der Waals surface area contributed by atoms with Gasteiger partial charge in [0.2, 0.25) is 0 Å². The summed E-state index contributed by atoms with van der Waals surface area (Å²) in [6, 6.07) is 0. The topological polar surface area (TPSA) is 107 Å². The molecule has 1 fully saturated rings. The molecule has 0 amide bonds. The van der Waals surface area contributed by atoms with E-state index in [9.17, 15) is 20.1 Å². The Hall–Kier alpha value is -0.180. The van der Waals surface area contributed by atoms with Gasteiger partial charge in [0.1, 0.15) is 29.9 Å². The van der Waals surface area contributed by atoms with E-state index in [2.05, 4.69) is 0 Å². The van der Waals surface area contributed by atoms with Crippen molar-refractivity contribution in [2.24, 2.45) is 5.41 Å². The van der Waals surface area contributed by atoms with Crippen LogP contribution in [0.3, 0.4) is 0 Å². The minimum Gasteiger partial charge on any atom is -0.394 e. The van der Waals surface area contributed by atoms with E-state index in [-0.39, 0.29) is 5.12 Å². The molecule has 1 aliphatic heterocycles. The van der Waals surface area contributed by atoms with Gasteiger partial charge in [0.15, 0.2) is 5.12 Å². The third-order valence-electron chi connectivity index (χ3n) is 2.68. The van der Waals surface area contributed by atoms with E-state index in [1.807, 2.05) is 0 Å². The van der Waals surface area contributed by atoms with Gasteiger partial charge >= 0.3 is 0 Å². The molecule has 5 atom stereocenters. The van der Waals surface area contributed by atoms with Crippen molar-refractivity contribution in [2.45, 2.75) is 50.6 Å². The Morgan fingerprint density at radius 1 is 1.17 bits per heavy atom. The van der Waals surface area contributed by atoms with Gasteiger partial charge < -0.3 is 25.2 Å². The molecule has 7 heteroatoms. The third kappa shape index (κ3) is 3.43. The van der Waals surface area contributed by atoms with Gasteiger partial charge in [-0.1, -0.05) is 32.5 Å². The van der Waals surface area contributed by atoms with Crippen LogP contribution in [0.1, 0.15) is 20.8 Å². The van der Waals surface area contributed by atoms with Crippen LogP contribution in [0.25, 0.3) is 0 Å². The summed E-state index contributed by atoms with van der Waals surface area (Å²) in [6.07, 6.45) is -5.19. The van der Waals surface area contributed by atoms with Gasteiger partial charge in [0.25, 0.3) is 0 Å². The Kier molecular flexibility index (Phi) is 5.16. The molecule has 0 aliphatic carbocycles. The molecule has 18 heavy (non-hydrogen) atoms. The van der Waals surface area contributed by atoms with Crippen LogP contribution in [0.4, 0.5) is 0 Å². The van der Waals surface area contributed by atoms with Crippen LogP contribution >= 0.6 is 11.8 Å². The highest BCUT2D eigenvalue weighted by atomic mass is 32.2. The van der Waals surface area contributed by atoms with Crippen LogP contribution < -0.4 is 0 Å². The molecule has 1 heterocycles. The molecule has 0 radical (unpaired) electrons. The van der Waals surface area contributed by atoms with Crippen molar-refractivity contribution in [3.63, 3.8) is 0 Å². The summed E-state index contributed by atoms with van der Waals surface area (Å²) < 4.78 is 5.23. The van der Waals surface area contributed by atoms with Crippen molar-refractivity contribution in [2.75, 3.05) is 6.61 Å². The lowest BCUT2D eigenvalue weighted by molar-refractivity contribution is -0.205. The van der Waals surface area contributed by atoms with Crippen LogP contribution in [0, 0.1) is 5.41 Å². The van der Waals surface area contributed by atoms with E-state index in [0.717, 1.165) is 11.8 Å². The summed E-state index contributed by atoms with van der Waals surface area (Å²) in [4.78, 5) is 11.8. The van der Waals surface area contributed by atoms with Gasteiger partial charge in [-0.2, -0.15) is 0 Å². The number of ether oxygens (including phenoxy) is 1. The monoisotopic (exact) mass is 280 g/mol. The molecule has 4 N–H and O–H groups in total. The van der Waals surface area contributed by atoms with Gasteiger partial charge in [-0.15, -0.1) is 0 Å². The highest BCUT2D eigenvalue weighted by Gasteiger charge is 2.45. The second-order valence-corrected chi connectivity index (χ2v) is 6.42. The average Bonchev–Trinajstić information content (AvgIpc) is 2.28. The van der Waals surface area contributed by atoms with E-state index in [4.69, 9.17) is 9.84 Å². The largest absolute Gasteiger partial charge is 0.394 e. The summed E-state index contributed by atoms with van der Waals surface area (Å²) >= 11 is 0.767. The van der Waals surface area contributed by atoms with Gasteiger partial charge in [0, 0.05) is 5.41 Å². The molecule has 0 spiro atoms. The van der Waals surface area contributed by atoms with E-state index in [0.29, 0.717) is 0 Å². The maximum absolute atomic E-state index is 11.8. The zero-order valence-corrected chi connectivity index (χ0v) is 11.4. The van der Waals surface area contributed by atoms with Gasteiger partial charge in [0.05, 0.1) is 6.61 Å². The molecule has 0 aromatic carbocycles. The number of rotatable bonds is 2. The standard InChI is InChI=1S/C11H20O6S/c1-11(2,3)10(16)18-9-8(15)7(14)6(13)5(4-12)17-9/h5-9,12-15H,4H2,1-3H3/t5-,6+,7+,8-,9+/m1/s1. The summed E-state index contributed by atoms with van der Waals surface area (Å²) in [5, 5.41) is 37.7. The summed E-state index contributed by atoms with van der Waals surface area (Å²) in [5.41, 5.74) is -1.60. The van der Waals surface area contributed by atoms with Crippen LogP contribution in [-0.2, 0) is 9.53 Å². The number of thioether (sulfide) groups is 1. The Bertz CT molecular complexity index is 300. The molecule has 0 aromatic heterocycles. The van der Waals surface area contributed by atoms with Crippen LogP contribution in [-0.4, -0.2) is 62.0 Å². The molecular weight excluding hydrogens is 260 g/mol. The first-order valence-corrected chi connectivity index (χ1v) is 6.58. The minimum atomic E-state index is -1.44. The fourth-order valence-corrected chi connectivity index (χ4v) is 2.51. The zero-order chi connectivity index (χ0) is 14.1. The van der Waals surface area contributed by atoms with Gasteiger partial charge in [-0.3, -0.25) is 4.79 Å². The Balaban J connectivity index is 2.74. The molecule has 6 nitrogen and oxygen atoms in total. The quantitative estimate of drug-likeness (QED) is 0.519. The fraction of sp³-hybridized carbons (Fsp3) is 0.909. The molecule has 1 rings (SSSR count). The predicted molar refractivity (Wildman–Crippen MR) is 65.8 cm³/mol. The average molecular weight is 280 g/mol. The SMILES string of the molecule is CC(C)(C)C(=O)S[C@@H]1O[C@H](CO)[C@H](O)[C@H](O)[C@H]1O. The minimum absolute atomic E-state index is 0.202. The lowest BCUT2D eigenvalue weighted by Gasteiger charge is -2.39. The normalized spacial score (nSPS) is 37.6. The van der Waals surface area contributed by atoms with Crippen LogP contribution in [0.5, 0.6) is 0 Å². The van der Waals surface area contributed by atoms with E-state index < -0.39 is 41.9 Å². The number of carbonyl (C=O) groups is 1. The van der Waals surface area contributed by atoms with Crippen molar-refractivity contribution in [1.82, 2.24) is 0 Å². The van der Waals surface area contributed by atoms with Crippen LogP contribution in [0.2, 0.25) is 0 Å². The first-order chi connectivity index (χ1) is 8.18. The van der Waals surface area contributed by atoms with Crippen molar-refractivity contribution in [1.29, 1.82) is 0 Å². The van der Waals surface area contributed by atoms with Crippen molar-refractivity contribution >= 4 is 16.9 Å². The number of hydrogen-bond donors (Lipinski definition) is 4. The van der Waals surface area contributed by atoms with Gasteiger partial charge in [-0.25, -0.2) is 0 Å². The van der Waals surface area contributed by atoms with E-state index in [1.165, 1.54) is 0 Å². The smallest absolute Gasteiger partial charge is 0.196 e. The molecule has 0 saturated carbocycles. The summed E-state index contributed by atoms with van der Waals surface area (Å²) in [5.74, 6) is 0. The highest BCUT2D eigenvalue weighted by Crippen LogP contribution is 2.33. The summed E-state index contributed by atoms with van der Waals surface area (Å²) in [7, 11) is 0. The molecule has 1 saturated heterocycles. The lowest BCUT2D eigenvalue weighted by Crippen LogP contribution is -2.57. The Morgan fingerprint density at radius 3 is 2.17 bits per heavy atom. The number of carbonyl (C=O) groups excluding carboxylic acids is 1. The zero-order valence-electron chi connectivity index (χ0n) is 10.6. The molecular formula is C11H20O6S. The third-order valence-corrected chi connectivity index (χ3v) is 4.13. The second kappa shape index (κ2) is 5.85. The first-order valence-electron chi connectivity index (χ1n) is 5.70. The van der Waals surface area contributed by atoms with Crippen molar-refractivity contribution in [3.05, 3.63) is 0 Å². The van der Waals surface area contributed by atoms with E-state index in [1.54, 1.807) is 20.8 Å². The number of aliphatic hydroxyl groups excluding tert-OH is 4. The maximum Gasteiger partial charge on any atom is 0.196 e. The Morgan fingerprint density at radius 2 is 1.72 bits per heavy atom. The second-order valence-electron chi connectivity index (χ2n) is 5.35. The van der Waals surface area contributed by atoms with E-state index >= 15 is 0 Å². The fourth-order valence-electron chi connectivity index (χ4n) is 1.45. The summed E-state index contributed by atoms with van der Waals surface area (Å²) in [6.45, 7) is 4.69. The highest BCUT2D eigenvalue weighted by molar-refractivity contribution is 8.14. The number of hydrogen-bond acceptors (Lipinski definition) is 7. The van der Waals surface area contributed by atoms with Gasteiger partial charge in [-0.05, 0) is 0 Å².